The summed E-state index contributed by atoms with van der Waals surface area (Å²) in [5.74, 6) is 1.60. The van der Waals surface area contributed by atoms with E-state index in [-0.39, 0.29) is 5.91 Å². The molecule has 0 heterocycles. The zero-order chi connectivity index (χ0) is 12.0. The summed E-state index contributed by atoms with van der Waals surface area (Å²) in [6.07, 6.45) is 7.52. The Kier molecular flexibility index (Phi) is 5.65. The van der Waals surface area contributed by atoms with Crippen LogP contribution in [0.1, 0.15) is 46.0 Å². The molecule has 0 bridgehead atoms. The predicted molar refractivity (Wildman–Crippen MR) is 71.2 cm³/mol. The van der Waals surface area contributed by atoms with Gasteiger partial charge in [0.05, 0.1) is 0 Å². The third kappa shape index (κ3) is 4.42. The molecule has 2 nitrogen and oxygen atoms in total. The van der Waals surface area contributed by atoms with Crippen molar-refractivity contribution >= 4 is 13.2 Å². The standard InChI is InChI=1S/C13H24BNO/c1-4-10(3)14-11-7-6-8-12(9-11)15-13(16)5-2/h5,10-12,14H,2,4,6-9H2,1,3H3,(H,15,16). The van der Waals surface area contributed by atoms with E-state index >= 15 is 0 Å². The van der Waals surface area contributed by atoms with Gasteiger partial charge in [0.1, 0.15) is 7.28 Å². The van der Waals surface area contributed by atoms with Gasteiger partial charge in [-0.25, -0.2) is 0 Å². The van der Waals surface area contributed by atoms with Gasteiger partial charge < -0.3 is 5.32 Å². The van der Waals surface area contributed by atoms with Crippen LogP contribution in [0.4, 0.5) is 0 Å². The summed E-state index contributed by atoms with van der Waals surface area (Å²) in [5.41, 5.74) is 0. The van der Waals surface area contributed by atoms with Crippen molar-refractivity contribution in [2.75, 3.05) is 0 Å². The number of carbonyl (C=O) groups excluding carboxylic acids is 1. The van der Waals surface area contributed by atoms with Crippen molar-refractivity contribution in [2.24, 2.45) is 0 Å². The van der Waals surface area contributed by atoms with E-state index in [1.165, 1.54) is 32.6 Å². The fraction of sp³-hybridized carbons (Fsp3) is 0.769. The monoisotopic (exact) mass is 221 g/mol. The van der Waals surface area contributed by atoms with Crippen molar-refractivity contribution in [3.8, 4) is 0 Å². The van der Waals surface area contributed by atoms with Crippen molar-refractivity contribution in [1.82, 2.24) is 5.32 Å². The summed E-state index contributed by atoms with van der Waals surface area (Å²) in [6.45, 7) is 8.07. The average molecular weight is 221 g/mol. The van der Waals surface area contributed by atoms with Gasteiger partial charge in [0.2, 0.25) is 5.91 Å². The molecule has 0 spiro atoms. The van der Waals surface area contributed by atoms with Crippen LogP contribution in [-0.4, -0.2) is 19.2 Å². The normalized spacial score (nSPS) is 26.9. The second-order valence-corrected chi connectivity index (χ2v) is 5.19. The smallest absolute Gasteiger partial charge is 0.243 e. The predicted octanol–water partition coefficient (Wildman–Crippen LogP) is 2.67. The third-order valence-corrected chi connectivity index (χ3v) is 3.75. The number of hydrogen-bond donors (Lipinski definition) is 1. The molecule has 0 aromatic rings. The molecule has 16 heavy (non-hydrogen) atoms. The highest BCUT2D eigenvalue weighted by Gasteiger charge is 2.24. The molecule has 1 aliphatic carbocycles. The second-order valence-electron chi connectivity index (χ2n) is 5.19. The number of amides is 1. The fourth-order valence-electron chi connectivity index (χ4n) is 2.63. The summed E-state index contributed by atoms with van der Waals surface area (Å²) < 4.78 is 0. The van der Waals surface area contributed by atoms with E-state index in [9.17, 15) is 4.79 Å². The molecule has 0 aromatic heterocycles. The minimum absolute atomic E-state index is 0.0193. The van der Waals surface area contributed by atoms with E-state index < -0.39 is 0 Å². The van der Waals surface area contributed by atoms with Gasteiger partial charge in [-0.2, -0.15) is 0 Å². The summed E-state index contributed by atoms with van der Waals surface area (Å²) in [7, 11) is 1.32. The molecule has 3 heteroatoms. The van der Waals surface area contributed by atoms with Gasteiger partial charge in [-0.1, -0.05) is 51.3 Å². The van der Waals surface area contributed by atoms with Gasteiger partial charge in [0.15, 0.2) is 0 Å². The Morgan fingerprint density at radius 2 is 2.38 bits per heavy atom. The summed E-state index contributed by atoms with van der Waals surface area (Å²) in [6, 6.07) is 0.383. The number of carbonyl (C=O) groups is 1. The topological polar surface area (TPSA) is 29.1 Å². The maximum atomic E-state index is 11.2. The first-order valence-corrected chi connectivity index (χ1v) is 6.58. The third-order valence-electron chi connectivity index (χ3n) is 3.75. The molecule has 1 fully saturated rings. The van der Waals surface area contributed by atoms with Crippen molar-refractivity contribution in [3.05, 3.63) is 12.7 Å². The Bertz CT molecular complexity index is 242. The number of hydrogen-bond acceptors (Lipinski definition) is 1. The number of rotatable bonds is 5. The van der Waals surface area contributed by atoms with Gasteiger partial charge in [0.25, 0.3) is 0 Å². The Balaban J connectivity index is 2.34. The van der Waals surface area contributed by atoms with E-state index in [1.807, 2.05) is 0 Å². The molecule has 3 atom stereocenters. The lowest BCUT2D eigenvalue weighted by atomic mass is 9.51. The molecule has 1 rings (SSSR count). The van der Waals surface area contributed by atoms with Crippen LogP contribution in [0.5, 0.6) is 0 Å². The molecule has 1 saturated carbocycles. The van der Waals surface area contributed by atoms with Gasteiger partial charge in [-0.3, -0.25) is 4.79 Å². The highest BCUT2D eigenvalue weighted by molar-refractivity contribution is 6.39. The minimum atomic E-state index is -0.0193. The van der Waals surface area contributed by atoms with Crippen LogP contribution in [0, 0.1) is 0 Å². The first kappa shape index (κ1) is 13.3. The van der Waals surface area contributed by atoms with E-state index in [1.54, 1.807) is 0 Å². The largest absolute Gasteiger partial charge is 0.350 e. The van der Waals surface area contributed by atoms with Crippen molar-refractivity contribution in [2.45, 2.75) is 63.6 Å². The molecule has 0 saturated heterocycles. The van der Waals surface area contributed by atoms with Crippen LogP contribution in [0.2, 0.25) is 11.6 Å². The SMILES string of the molecule is C=CC(=O)NC1CCCC(BC(C)CC)C1. The van der Waals surface area contributed by atoms with Crippen LogP contribution in [0.15, 0.2) is 12.7 Å². The first-order valence-electron chi connectivity index (χ1n) is 6.58. The fourth-order valence-corrected chi connectivity index (χ4v) is 2.63. The highest BCUT2D eigenvalue weighted by atomic mass is 16.1. The molecule has 1 aliphatic rings. The zero-order valence-electron chi connectivity index (χ0n) is 10.7. The molecule has 1 N–H and O–H groups in total. The van der Waals surface area contributed by atoms with Crippen LogP contribution in [-0.2, 0) is 4.79 Å². The summed E-state index contributed by atoms with van der Waals surface area (Å²) in [4.78, 5) is 11.2. The molecule has 0 aromatic carbocycles. The molecule has 90 valence electrons. The van der Waals surface area contributed by atoms with Crippen LogP contribution < -0.4 is 5.32 Å². The van der Waals surface area contributed by atoms with Crippen LogP contribution in [0.25, 0.3) is 0 Å². The highest BCUT2D eigenvalue weighted by Crippen LogP contribution is 2.31. The molecule has 1 amide bonds. The van der Waals surface area contributed by atoms with E-state index in [4.69, 9.17) is 0 Å². The van der Waals surface area contributed by atoms with Gasteiger partial charge in [-0.05, 0) is 18.9 Å². The molecule has 0 aliphatic heterocycles. The van der Waals surface area contributed by atoms with E-state index in [2.05, 4.69) is 25.7 Å². The Morgan fingerprint density at radius 1 is 1.62 bits per heavy atom. The maximum absolute atomic E-state index is 11.2. The summed E-state index contributed by atoms with van der Waals surface area (Å²) >= 11 is 0. The van der Waals surface area contributed by atoms with E-state index in [0.29, 0.717) is 6.04 Å². The molecule has 0 radical (unpaired) electrons. The summed E-state index contributed by atoms with van der Waals surface area (Å²) in [5, 5.41) is 3.03. The number of nitrogens with one attached hydrogen (secondary N) is 1. The van der Waals surface area contributed by atoms with Crippen LogP contribution in [0.3, 0.4) is 0 Å². The van der Waals surface area contributed by atoms with Crippen molar-refractivity contribution < 1.29 is 4.79 Å². The van der Waals surface area contributed by atoms with Crippen molar-refractivity contribution in [1.29, 1.82) is 0 Å². The first-order chi connectivity index (χ1) is 7.65. The lowest BCUT2D eigenvalue weighted by molar-refractivity contribution is -0.117. The quantitative estimate of drug-likeness (QED) is 0.561. The van der Waals surface area contributed by atoms with Gasteiger partial charge in [0, 0.05) is 6.04 Å². The lowest BCUT2D eigenvalue weighted by Crippen LogP contribution is -2.37. The minimum Gasteiger partial charge on any atom is -0.350 e. The molecular formula is C13H24BNO. The Labute approximate surface area is 100 Å². The van der Waals surface area contributed by atoms with E-state index in [0.717, 1.165) is 24.5 Å². The zero-order valence-corrected chi connectivity index (χ0v) is 10.7. The van der Waals surface area contributed by atoms with Gasteiger partial charge in [-0.15, -0.1) is 0 Å². The molecular weight excluding hydrogens is 197 g/mol. The molecule has 3 unspecified atom stereocenters. The van der Waals surface area contributed by atoms with Crippen molar-refractivity contribution in [3.63, 3.8) is 0 Å². The Morgan fingerprint density at radius 3 is 3.00 bits per heavy atom. The Hall–Kier alpha value is -0.725. The maximum Gasteiger partial charge on any atom is 0.243 e. The lowest BCUT2D eigenvalue weighted by Gasteiger charge is -2.30. The van der Waals surface area contributed by atoms with Gasteiger partial charge >= 0.3 is 0 Å². The average Bonchev–Trinajstić information content (AvgIpc) is 2.29. The van der Waals surface area contributed by atoms with Crippen LogP contribution >= 0.6 is 0 Å². The second kappa shape index (κ2) is 6.77.